The van der Waals surface area contributed by atoms with E-state index in [0.29, 0.717) is 5.41 Å². The summed E-state index contributed by atoms with van der Waals surface area (Å²) in [5.41, 5.74) is 0.584. The zero-order valence-electron chi connectivity index (χ0n) is 9.72. The highest BCUT2D eigenvalue weighted by atomic mass is 16.5. The predicted octanol–water partition coefficient (Wildman–Crippen LogP) is 3.63. The molecule has 1 heteroatoms. The van der Waals surface area contributed by atoms with E-state index in [0.717, 1.165) is 25.0 Å². The summed E-state index contributed by atoms with van der Waals surface area (Å²) in [6, 6.07) is 0. The van der Waals surface area contributed by atoms with Crippen molar-refractivity contribution in [3.05, 3.63) is 0 Å². The molecule has 2 fully saturated rings. The number of hydrogen-bond acceptors (Lipinski definition) is 1. The van der Waals surface area contributed by atoms with Gasteiger partial charge in [-0.25, -0.2) is 0 Å². The number of rotatable bonds is 3. The lowest BCUT2D eigenvalue weighted by atomic mass is 9.61. The van der Waals surface area contributed by atoms with Crippen LogP contribution in [-0.4, -0.2) is 13.2 Å². The standard InChI is InChI=1S/C13H24O/c1-3-11-7-5-6-8-12(11)13(4-2)9-14-10-13/h11-12H,3-10H2,1-2H3. The van der Waals surface area contributed by atoms with Gasteiger partial charge in [0.1, 0.15) is 0 Å². The summed E-state index contributed by atoms with van der Waals surface area (Å²) in [7, 11) is 0. The van der Waals surface area contributed by atoms with E-state index >= 15 is 0 Å². The Morgan fingerprint density at radius 1 is 1.14 bits per heavy atom. The second kappa shape index (κ2) is 4.22. The van der Waals surface area contributed by atoms with Gasteiger partial charge in [0.15, 0.2) is 0 Å². The minimum atomic E-state index is 0.584. The van der Waals surface area contributed by atoms with Gasteiger partial charge in [0.05, 0.1) is 13.2 Å². The molecule has 1 saturated carbocycles. The first-order valence-electron chi connectivity index (χ1n) is 6.40. The normalized spacial score (nSPS) is 36.4. The lowest BCUT2D eigenvalue weighted by Crippen LogP contribution is -2.51. The van der Waals surface area contributed by atoms with Crippen LogP contribution >= 0.6 is 0 Å². The van der Waals surface area contributed by atoms with Crippen LogP contribution in [0.5, 0.6) is 0 Å². The quantitative estimate of drug-likeness (QED) is 0.669. The monoisotopic (exact) mass is 196 g/mol. The summed E-state index contributed by atoms with van der Waals surface area (Å²) in [6.45, 7) is 6.81. The summed E-state index contributed by atoms with van der Waals surface area (Å²) in [5.74, 6) is 1.97. The molecule has 0 radical (unpaired) electrons. The molecule has 1 aliphatic heterocycles. The fourth-order valence-corrected chi connectivity index (χ4v) is 3.55. The molecule has 2 aliphatic rings. The maximum atomic E-state index is 5.48. The van der Waals surface area contributed by atoms with Crippen LogP contribution in [0.1, 0.15) is 52.4 Å². The summed E-state index contributed by atoms with van der Waals surface area (Å²) >= 11 is 0. The van der Waals surface area contributed by atoms with Gasteiger partial charge in [-0.1, -0.05) is 39.5 Å². The molecule has 2 atom stereocenters. The van der Waals surface area contributed by atoms with Crippen molar-refractivity contribution in [2.24, 2.45) is 17.3 Å². The second-order valence-corrected chi connectivity index (χ2v) is 5.27. The minimum absolute atomic E-state index is 0.584. The van der Waals surface area contributed by atoms with Gasteiger partial charge in [-0.2, -0.15) is 0 Å². The fraction of sp³-hybridized carbons (Fsp3) is 1.00. The number of hydrogen-bond donors (Lipinski definition) is 0. The zero-order valence-corrected chi connectivity index (χ0v) is 9.72. The van der Waals surface area contributed by atoms with Crippen LogP contribution in [0.2, 0.25) is 0 Å². The summed E-state index contributed by atoms with van der Waals surface area (Å²) < 4.78 is 5.48. The predicted molar refractivity (Wildman–Crippen MR) is 59.3 cm³/mol. The molecule has 0 bridgehead atoms. The van der Waals surface area contributed by atoms with Crippen molar-refractivity contribution in [2.45, 2.75) is 52.4 Å². The Morgan fingerprint density at radius 2 is 1.86 bits per heavy atom. The van der Waals surface area contributed by atoms with E-state index in [1.807, 2.05) is 0 Å². The molecule has 0 aromatic heterocycles. The van der Waals surface area contributed by atoms with Crippen molar-refractivity contribution in [1.29, 1.82) is 0 Å². The molecule has 0 spiro atoms. The first kappa shape index (κ1) is 10.5. The average Bonchev–Trinajstić information content (AvgIpc) is 2.18. The third kappa shape index (κ3) is 1.60. The Hall–Kier alpha value is -0.0400. The summed E-state index contributed by atoms with van der Waals surface area (Å²) in [5, 5.41) is 0. The molecule has 2 unspecified atom stereocenters. The molecule has 1 aliphatic carbocycles. The Kier molecular flexibility index (Phi) is 3.16. The lowest BCUT2D eigenvalue weighted by Gasteiger charge is -2.51. The third-order valence-electron chi connectivity index (χ3n) is 4.70. The second-order valence-electron chi connectivity index (χ2n) is 5.27. The van der Waals surface area contributed by atoms with Crippen molar-refractivity contribution in [1.82, 2.24) is 0 Å². The molecule has 1 heterocycles. The third-order valence-corrected chi connectivity index (χ3v) is 4.70. The molecule has 0 aromatic rings. The first-order chi connectivity index (χ1) is 6.82. The lowest BCUT2D eigenvalue weighted by molar-refractivity contribution is -0.166. The Morgan fingerprint density at radius 3 is 2.36 bits per heavy atom. The van der Waals surface area contributed by atoms with E-state index < -0.39 is 0 Å². The Bertz CT molecular complexity index is 178. The molecule has 0 amide bonds. The molecule has 1 saturated heterocycles. The molecule has 14 heavy (non-hydrogen) atoms. The molecule has 2 rings (SSSR count). The number of ether oxygens (including phenoxy) is 1. The van der Waals surface area contributed by atoms with Gasteiger partial charge in [0.2, 0.25) is 0 Å². The molecular weight excluding hydrogens is 172 g/mol. The topological polar surface area (TPSA) is 9.23 Å². The van der Waals surface area contributed by atoms with Crippen molar-refractivity contribution < 1.29 is 4.74 Å². The maximum Gasteiger partial charge on any atom is 0.0547 e. The van der Waals surface area contributed by atoms with Crippen molar-refractivity contribution in [3.63, 3.8) is 0 Å². The van der Waals surface area contributed by atoms with Crippen LogP contribution in [0.15, 0.2) is 0 Å². The van der Waals surface area contributed by atoms with Crippen LogP contribution < -0.4 is 0 Å². The van der Waals surface area contributed by atoms with Crippen LogP contribution in [0, 0.1) is 17.3 Å². The van der Waals surface area contributed by atoms with Gasteiger partial charge in [-0.05, 0) is 24.7 Å². The molecule has 82 valence electrons. The van der Waals surface area contributed by atoms with Gasteiger partial charge < -0.3 is 4.74 Å². The molecule has 0 aromatic carbocycles. The molecule has 0 N–H and O–H groups in total. The SMILES string of the molecule is CCC1CCCCC1C1(CC)COC1. The van der Waals surface area contributed by atoms with Crippen molar-refractivity contribution >= 4 is 0 Å². The van der Waals surface area contributed by atoms with Crippen molar-refractivity contribution in [3.8, 4) is 0 Å². The van der Waals surface area contributed by atoms with Gasteiger partial charge in [0, 0.05) is 5.41 Å². The highest BCUT2D eigenvalue weighted by Crippen LogP contribution is 2.49. The van der Waals surface area contributed by atoms with E-state index in [9.17, 15) is 0 Å². The first-order valence-corrected chi connectivity index (χ1v) is 6.40. The Balaban J connectivity index is 2.05. The largest absolute Gasteiger partial charge is 0.380 e. The van der Waals surface area contributed by atoms with Crippen LogP contribution in [0.3, 0.4) is 0 Å². The van der Waals surface area contributed by atoms with E-state index in [1.165, 1.54) is 38.5 Å². The smallest absolute Gasteiger partial charge is 0.0547 e. The fourth-order valence-electron chi connectivity index (χ4n) is 3.55. The molecule has 1 nitrogen and oxygen atoms in total. The van der Waals surface area contributed by atoms with Crippen molar-refractivity contribution in [2.75, 3.05) is 13.2 Å². The van der Waals surface area contributed by atoms with Crippen LogP contribution in [0.4, 0.5) is 0 Å². The van der Waals surface area contributed by atoms with Gasteiger partial charge in [-0.15, -0.1) is 0 Å². The highest BCUT2D eigenvalue weighted by molar-refractivity contribution is 4.94. The summed E-state index contributed by atoms with van der Waals surface area (Å²) in [6.07, 6.45) is 8.58. The highest BCUT2D eigenvalue weighted by Gasteiger charge is 2.46. The zero-order chi connectivity index (χ0) is 10.0. The maximum absolute atomic E-state index is 5.48. The van der Waals surface area contributed by atoms with Crippen LogP contribution in [-0.2, 0) is 4.74 Å². The van der Waals surface area contributed by atoms with Gasteiger partial charge in [-0.3, -0.25) is 0 Å². The average molecular weight is 196 g/mol. The van der Waals surface area contributed by atoms with E-state index in [-0.39, 0.29) is 0 Å². The Labute approximate surface area is 88.2 Å². The van der Waals surface area contributed by atoms with E-state index in [2.05, 4.69) is 13.8 Å². The van der Waals surface area contributed by atoms with E-state index in [1.54, 1.807) is 0 Å². The minimum Gasteiger partial charge on any atom is -0.380 e. The van der Waals surface area contributed by atoms with E-state index in [4.69, 9.17) is 4.74 Å². The van der Waals surface area contributed by atoms with Gasteiger partial charge >= 0.3 is 0 Å². The summed E-state index contributed by atoms with van der Waals surface area (Å²) in [4.78, 5) is 0. The van der Waals surface area contributed by atoms with Gasteiger partial charge in [0.25, 0.3) is 0 Å². The molecular formula is C13H24O. The van der Waals surface area contributed by atoms with Crippen LogP contribution in [0.25, 0.3) is 0 Å².